The highest BCUT2D eigenvalue weighted by atomic mass is 32.2. The summed E-state index contributed by atoms with van der Waals surface area (Å²) in [6, 6.07) is 28.1. The van der Waals surface area contributed by atoms with E-state index in [4.69, 9.17) is 19.3 Å². The summed E-state index contributed by atoms with van der Waals surface area (Å²) in [6.07, 6.45) is 13.1. The number of rotatable bonds is 32. The van der Waals surface area contributed by atoms with Gasteiger partial charge in [-0.15, -0.1) is 0 Å². The molecule has 0 spiro atoms. The zero-order chi connectivity index (χ0) is 71.2. The molecule has 0 amide bonds. The molecule has 0 radical (unpaired) electrons. The summed E-state index contributed by atoms with van der Waals surface area (Å²) in [5.41, 5.74) is 2.52. The second kappa shape index (κ2) is 40.8. The van der Waals surface area contributed by atoms with Crippen molar-refractivity contribution in [3.8, 4) is 0 Å². The average molecular weight is 1390 g/mol. The maximum atomic E-state index is 13.8. The Labute approximate surface area is 572 Å². The van der Waals surface area contributed by atoms with Crippen molar-refractivity contribution in [1.82, 2.24) is 77.1 Å². The van der Waals surface area contributed by atoms with Gasteiger partial charge >= 0.3 is 28.4 Å². The van der Waals surface area contributed by atoms with Gasteiger partial charge in [0.15, 0.2) is 0 Å². The number of nitrogens with zero attached hydrogens (tertiary/aromatic N) is 15. The fourth-order valence-corrected chi connectivity index (χ4v) is 12.4. The van der Waals surface area contributed by atoms with Crippen LogP contribution < -0.4 is 28.4 Å². The number of aliphatic hydroxyl groups is 1. The third-order valence-corrected chi connectivity index (χ3v) is 17.4. The van der Waals surface area contributed by atoms with Crippen LogP contribution in [0.4, 0.5) is 4.39 Å². The minimum atomic E-state index is -3.39. The van der Waals surface area contributed by atoms with Crippen LogP contribution in [0.15, 0.2) is 109 Å². The molecule has 2 unspecified atom stereocenters. The lowest BCUT2D eigenvalue weighted by atomic mass is 9.99. The van der Waals surface area contributed by atoms with Crippen LogP contribution in [0, 0.1) is 5.82 Å². The number of hydrogen-bond donors (Lipinski definition) is 2. The Balaban J connectivity index is 0.000000198. The van der Waals surface area contributed by atoms with Crippen molar-refractivity contribution in [2.24, 2.45) is 28.2 Å². The summed E-state index contributed by atoms with van der Waals surface area (Å²) in [5.74, 6) is 3.74. The van der Waals surface area contributed by atoms with Gasteiger partial charge in [-0.25, -0.2) is 52.2 Å². The minimum absolute atomic E-state index is 0.0321. The number of fused-ring (bicyclic) bond motifs is 2. The number of hydrogen-bond acceptors (Lipinski definition) is 18. The minimum Gasteiger partial charge on any atom is -0.396 e. The number of nitrogens with one attached hydrogen (secondary N) is 1. The van der Waals surface area contributed by atoms with Crippen LogP contribution in [0.5, 0.6) is 0 Å². The van der Waals surface area contributed by atoms with E-state index in [0.29, 0.717) is 115 Å². The summed E-state index contributed by atoms with van der Waals surface area (Å²) >= 11 is 0. The molecule has 30 heteroatoms. The average Bonchev–Trinajstić information content (AvgIpc) is 1.58. The number of H-pyrrole nitrogens is 1. The van der Waals surface area contributed by atoms with Crippen molar-refractivity contribution in [2.75, 3.05) is 39.2 Å². The van der Waals surface area contributed by atoms with Gasteiger partial charge in [-0.2, -0.15) is 33.9 Å². The van der Waals surface area contributed by atoms with Gasteiger partial charge in [0.1, 0.15) is 34.9 Å². The summed E-state index contributed by atoms with van der Waals surface area (Å²) in [4.78, 5) is 60.7. The Morgan fingerprint density at radius 3 is 1.31 bits per heavy atom. The van der Waals surface area contributed by atoms with Crippen LogP contribution in [-0.4, -0.2) is 148 Å². The predicted molar refractivity (Wildman–Crippen MR) is 370 cm³/mol. The Morgan fingerprint density at radius 1 is 0.510 bits per heavy atom. The quantitative estimate of drug-likeness (QED) is 0.0393. The van der Waals surface area contributed by atoms with E-state index in [1.54, 1.807) is 63.2 Å². The first-order valence-electron chi connectivity index (χ1n) is 34.1. The Morgan fingerprint density at radius 2 is 0.898 bits per heavy atom. The highest BCUT2D eigenvalue weighted by Crippen LogP contribution is 2.37. The summed E-state index contributed by atoms with van der Waals surface area (Å²) in [5, 5.41) is 31.9. The molecule has 2 N–H and O–H groups in total. The standard InChI is InChI=1S/C22H31FN4O2.C15H21N3O2.C14H19N3O2.C9H17N3O4S.C8H15N3O2/c1-3-26-21(24-25(2)22(26)28)9-6-12-27-17-10-11-18(27)14-19(13-17)29-15-16-7-4-5-8-20(16)23;1-3-18-14(16-17(2)15(18)19)10-7-11-20-12-13-8-5-4-6-9-13;1-2-17-13(15-16-14(17)18)9-6-10-19-11-12-7-4-3-5-8-12;1-4-12-8(10-11(2)9(12)13)6-5-7-16-17(3,14)15;1-3-11-7(5-4-6-12)9-10(2)8(11)13/h4-5,7-8,17-19H,3,6,9-15H2,1-2H3;4-6,8-9H,3,7,10-12H2,1-2H3;3-5,7-8H,2,6,9-11H2,1H3,(H,16,18);4-7H2,1-3H3;12H,3-6H2,1-2H3. The van der Waals surface area contributed by atoms with E-state index in [1.165, 1.54) is 48.8 Å². The van der Waals surface area contributed by atoms with Gasteiger partial charge in [-0.1, -0.05) is 78.9 Å². The molecule has 5 aromatic heterocycles. The molecule has 2 fully saturated rings. The zero-order valence-corrected chi connectivity index (χ0v) is 59.7. The van der Waals surface area contributed by atoms with Crippen LogP contribution in [0.3, 0.4) is 0 Å². The number of aromatic nitrogens is 15. The molecule has 2 aliphatic heterocycles. The second-order valence-corrected chi connectivity index (χ2v) is 25.6. The maximum Gasteiger partial charge on any atom is 0.345 e. The van der Waals surface area contributed by atoms with E-state index in [0.717, 1.165) is 87.5 Å². The second-order valence-electron chi connectivity index (χ2n) is 23.9. The number of aliphatic hydroxyl groups excluding tert-OH is 1. The van der Waals surface area contributed by atoms with Gasteiger partial charge in [0.2, 0.25) is 0 Å². The molecule has 2 saturated heterocycles. The van der Waals surface area contributed by atoms with Gasteiger partial charge in [-0.05, 0) is 116 Å². The molecule has 10 rings (SSSR count). The SMILES string of the molecule is CCn1c(CCCN2C3CCC2CC(OCc2ccccc2F)C3)nn(C)c1=O.CCn1c(CCCO)nn(C)c1=O.CCn1c(CCCOCc2ccccc2)n[nH]c1=O.CCn1c(CCCOCc2ccccc2)nn(C)c1=O.CCn1c(CCCOS(C)(=O)=O)nn(C)c1=O. The molecule has 0 saturated carbocycles. The summed E-state index contributed by atoms with van der Waals surface area (Å²) < 4.78 is 70.9. The van der Waals surface area contributed by atoms with Crippen LogP contribution in [0.2, 0.25) is 0 Å². The maximum absolute atomic E-state index is 13.8. The van der Waals surface area contributed by atoms with Crippen LogP contribution in [0.1, 0.15) is 138 Å². The predicted octanol–water partition coefficient (Wildman–Crippen LogP) is 5.41. The molecule has 3 aromatic carbocycles. The molecule has 2 aliphatic rings. The molecule has 540 valence electrons. The first kappa shape index (κ1) is 79.0. The van der Waals surface area contributed by atoms with Crippen LogP contribution in [0.25, 0.3) is 0 Å². The number of ether oxygens (including phenoxy) is 3. The largest absolute Gasteiger partial charge is 0.396 e. The Kier molecular flexibility index (Phi) is 32.9. The molecule has 7 heterocycles. The monoisotopic (exact) mass is 1390 g/mol. The number of piperidine rings is 1. The Hall–Kier alpha value is -8.00. The van der Waals surface area contributed by atoms with Crippen molar-refractivity contribution in [2.45, 2.75) is 195 Å². The van der Waals surface area contributed by atoms with Crippen molar-refractivity contribution in [3.05, 3.63) is 189 Å². The van der Waals surface area contributed by atoms with Gasteiger partial charge in [0, 0.05) is 130 Å². The third kappa shape index (κ3) is 24.2. The number of halogens is 1. The lowest BCUT2D eigenvalue weighted by Crippen LogP contribution is -2.45. The molecule has 98 heavy (non-hydrogen) atoms. The van der Waals surface area contributed by atoms with E-state index >= 15 is 0 Å². The first-order chi connectivity index (χ1) is 47.1. The van der Waals surface area contributed by atoms with Gasteiger partial charge in [-0.3, -0.25) is 31.9 Å². The molecular weight excluding hydrogens is 1280 g/mol. The highest BCUT2D eigenvalue weighted by molar-refractivity contribution is 7.85. The molecule has 28 nitrogen and oxygen atoms in total. The van der Waals surface area contributed by atoms with E-state index in [9.17, 15) is 36.8 Å². The van der Waals surface area contributed by atoms with E-state index in [1.807, 2.05) is 101 Å². The van der Waals surface area contributed by atoms with Crippen molar-refractivity contribution < 1.29 is 36.3 Å². The molecular formula is C68H103FN16O12S. The number of aromatic amines is 1. The molecule has 8 aromatic rings. The van der Waals surface area contributed by atoms with Gasteiger partial charge < -0.3 is 19.3 Å². The lowest BCUT2D eigenvalue weighted by Gasteiger charge is -2.38. The fraction of sp³-hybridized carbons (Fsp3) is 0.588. The van der Waals surface area contributed by atoms with Crippen molar-refractivity contribution in [1.29, 1.82) is 0 Å². The van der Waals surface area contributed by atoms with E-state index in [-0.39, 0.29) is 53.6 Å². The van der Waals surface area contributed by atoms with Crippen LogP contribution in [-0.2, 0) is 141 Å². The van der Waals surface area contributed by atoms with Gasteiger partial charge in [0.25, 0.3) is 10.1 Å². The number of aryl methyl sites for hydroxylation is 9. The van der Waals surface area contributed by atoms with Gasteiger partial charge in [0.05, 0.1) is 38.8 Å². The molecule has 2 bridgehead atoms. The third-order valence-electron chi connectivity index (χ3n) is 16.8. The Bertz CT molecular complexity index is 4060. The molecule has 0 aliphatic carbocycles. The highest BCUT2D eigenvalue weighted by Gasteiger charge is 2.40. The van der Waals surface area contributed by atoms with E-state index in [2.05, 4.69) is 39.7 Å². The number of benzene rings is 3. The van der Waals surface area contributed by atoms with Crippen molar-refractivity contribution >= 4 is 10.1 Å². The lowest BCUT2D eigenvalue weighted by molar-refractivity contribution is -0.0291. The first-order valence-corrected chi connectivity index (χ1v) is 35.9. The van der Waals surface area contributed by atoms with Crippen LogP contribution >= 0.6 is 0 Å². The summed E-state index contributed by atoms with van der Waals surface area (Å²) in [6.45, 7) is 17.0. The van der Waals surface area contributed by atoms with E-state index < -0.39 is 10.1 Å². The summed E-state index contributed by atoms with van der Waals surface area (Å²) in [7, 11) is 3.23. The molecule has 2 atom stereocenters. The van der Waals surface area contributed by atoms with Crippen molar-refractivity contribution in [3.63, 3.8) is 0 Å². The topological polar surface area (TPSA) is 304 Å². The zero-order valence-electron chi connectivity index (χ0n) is 58.8. The fourth-order valence-electron chi connectivity index (χ4n) is 11.9. The smallest absolute Gasteiger partial charge is 0.345 e. The normalized spacial score (nSPS) is 15.0.